The predicted octanol–water partition coefficient (Wildman–Crippen LogP) is 0.942. The lowest BCUT2D eigenvalue weighted by Gasteiger charge is -2.24. The first-order chi connectivity index (χ1) is 7.36. The van der Waals surface area contributed by atoms with E-state index in [0.717, 1.165) is 6.42 Å². The number of rotatable bonds is 3. The summed E-state index contributed by atoms with van der Waals surface area (Å²) in [4.78, 5) is 0. The minimum atomic E-state index is -0.0182. The normalized spacial score (nSPS) is 49.0. The van der Waals surface area contributed by atoms with E-state index >= 15 is 0 Å². The Hall–Kier alpha value is -0.160. The molecule has 0 aromatic rings. The molecule has 4 heteroatoms. The van der Waals surface area contributed by atoms with Crippen LogP contribution in [0.1, 0.15) is 19.3 Å². The molecule has 0 radical (unpaired) electrons. The number of hydrogen-bond acceptors (Lipinski definition) is 4. The van der Waals surface area contributed by atoms with Gasteiger partial charge in [0.1, 0.15) is 6.10 Å². The van der Waals surface area contributed by atoms with E-state index in [-0.39, 0.29) is 12.4 Å². The van der Waals surface area contributed by atoms with Gasteiger partial charge in [0, 0.05) is 13.0 Å². The number of epoxide rings is 1. The monoisotopic (exact) mass is 214 g/mol. The Morgan fingerprint density at radius 2 is 2.13 bits per heavy atom. The lowest BCUT2D eigenvalue weighted by Crippen LogP contribution is -2.28. The maximum atomic E-state index is 5.81. The Labute approximate surface area is 89.8 Å². The Kier molecular flexibility index (Phi) is 2.68. The lowest BCUT2D eigenvalue weighted by molar-refractivity contribution is -0.109. The quantitative estimate of drug-likeness (QED) is 0.656. The van der Waals surface area contributed by atoms with Gasteiger partial charge in [-0.05, 0) is 19.3 Å². The van der Waals surface area contributed by atoms with Crippen molar-refractivity contribution in [2.75, 3.05) is 20.3 Å². The second-order valence-electron chi connectivity index (χ2n) is 4.70. The summed E-state index contributed by atoms with van der Waals surface area (Å²) in [5.41, 5.74) is 0. The van der Waals surface area contributed by atoms with Crippen molar-refractivity contribution in [1.82, 2.24) is 0 Å². The Bertz CT molecular complexity index is 233. The summed E-state index contributed by atoms with van der Waals surface area (Å²) in [5.74, 6) is 0.524. The fraction of sp³-hybridized carbons (Fsp3) is 1.00. The Morgan fingerprint density at radius 3 is 2.93 bits per heavy atom. The maximum absolute atomic E-state index is 5.81. The average Bonchev–Trinajstić information content (AvgIpc) is 2.88. The molecule has 86 valence electrons. The largest absolute Gasteiger partial charge is 0.382 e. The molecule has 0 bridgehead atoms. The van der Waals surface area contributed by atoms with E-state index in [2.05, 4.69) is 0 Å². The van der Waals surface area contributed by atoms with Gasteiger partial charge in [0.25, 0.3) is 0 Å². The molecule has 1 saturated carbocycles. The highest BCUT2D eigenvalue weighted by atomic mass is 16.7. The summed E-state index contributed by atoms with van der Waals surface area (Å²) >= 11 is 0. The predicted molar refractivity (Wildman–Crippen MR) is 52.5 cm³/mol. The maximum Gasteiger partial charge on any atom is 0.161 e. The summed E-state index contributed by atoms with van der Waals surface area (Å²) in [6, 6.07) is 0. The Balaban J connectivity index is 1.50. The minimum Gasteiger partial charge on any atom is -0.382 e. The van der Waals surface area contributed by atoms with Crippen LogP contribution in [0, 0.1) is 5.92 Å². The van der Waals surface area contributed by atoms with Crippen LogP contribution in [0.25, 0.3) is 0 Å². The zero-order valence-corrected chi connectivity index (χ0v) is 9.06. The third-order valence-corrected chi connectivity index (χ3v) is 3.56. The summed E-state index contributed by atoms with van der Waals surface area (Å²) < 4.78 is 22.0. The molecule has 3 aliphatic rings. The molecule has 5 atom stereocenters. The molecule has 4 nitrogen and oxygen atoms in total. The van der Waals surface area contributed by atoms with Crippen LogP contribution in [0.15, 0.2) is 0 Å². The van der Waals surface area contributed by atoms with Gasteiger partial charge in [-0.15, -0.1) is 0 Å². The summed E-state index contributed by atoms with van der Waals surface area (Å²) in [7, 11) is 1.69. The number of ether oxygens (including phenoxy) is 4. The number of methoxy groups -OCH3 is 1. The molecular formula is C11H18O4. The zero-order valence-electron chi connectivity index (χ0n) is 9.06. The standard InChI is InChI=1S/C11H18O4/c1-12-5-8-6-13-11(14-8)7-2-3-9-10(4-7)15-9/h7-11H,2-6H2,1H3. The molecule has 2 saturated heterocycles. The zero-order chi connectivity index (χ0) is 10.3. The van der Waals surface area contributed by atoms with Crippen LogP contribution >= 0.6 is 0 Å². The molecular weight excluding hydrogens is 196 g/mol. The first-order valence-electron chi connectivity index (χ1n) is 5.78. The molecule has 0 amide bonds. The van der Waals surface area contributed by atoms with E-state index in [9.17, 15) is 0 Å². The van der Waals surface area contributed by atoms with Crippen LogP contribution in [0.2, 0.25) is 0 Å². The van der Waals surface area contributed by atoms with E-state index in [1.54, 1.807) is 7.11 Å². The first kappa shape index (κ1) is 10.0. The van der Waals surface area contributed by atoms with E-state index in [0.29, 0.717) is 31.3 Å². The molecule has 3 fully saturated rings. The molecule has 5 unspecified atom stereocenters. The second kappa shape index (κ2) is 4.01. The van der Waals surface area contributed by atoms with Gasteiger partial charge in [-0.2, -0.15) is 0 Å². The third kappa shape index (κ3) is 2.04. The van der Waals surface area contributed by atoms with Gasteiger partial charge in [0.15, 0.2) is 6.29 Å². The number of hydrogen-bond donors (Lipinski definition) is 0. The van der Waals surface area contributed by atoms with Crippen molar-refractivity contribution in [3.05, 3.63) is 0 Å². The van der Waals surface area contributed by atoms with Gasteiger partial charge >= 0.3 is 0 Å². The van der Waals surface area contributed by atoms with Crippen molar-refractivity contribution in [2.45, 2.75) is 43.9 Å². The summed E-state index contributed by atoms with van der Waals surface area (Å²) in [5, 5.41) is 0. The van der Waals surface area contributed by atoms with Crippen LogP contribution in [0.3, 0.4) is 0 Å². The molecule has 0 N–H and O–H groups in total. The van der Waals surface area contributed by atoms with Crippen molar-refractivity contribution in [1.29, 1.82) is 0 Å². The highest BCUT2D eigenvalue weighted by Crippen LogP contribution is 2.42. The summed E-state index contributed by atoms with van der Waals surface area (Å²) in [6.07, 6.45) is 4.61. The van der Waals surface area contributed by atoms with E-state index < -0.39 is 0 Å². The third-order valence-electron chi connectivity index (χ3n) is 3.56. The van der Waals surface area contributed by atoms with E-state index in [1.165, 1.54) is 12.8 Å². The molecule has 1 aliphatic carbocycles. The van der Waals surface area contributed by atoms with Crippen LogP contribution in [-0.4, -0.2) is 44.9 Å². The lowest BCUT2D eigenvalue weighted by atomic mass is 9.89. The fourth-order valence-electron chi connectivity index (χ4n) is 2.67. The van der Waals surface area contributed by atoms with Crippen LogP contribution < -0.4 is 0 Å². The molecule has 2 heterocycles. The average molecular weight is 214 g/mol. The van der Waals surface area contributed by atoms with Crippen molar-refractivity contribution < 1.29 is 18.9 Å². The van der Waals surface area contributed by atoms with Crippen LogP contribution in [-0.2, 0) is 18.9 Å². The SMILES string of the molecule is COCC1COC(C2CCC3OC3C2)O1. The van der Waals surface area contributed by atoms with Gasteiger partial charge < -0.3 is 18.9 Å². The van der Waals surface area contributed by atoms with Crippen molar-refractivity contribution in [3.63, 3.8) is 0 Å². The molecule has 3 rings (SSSR count). The van der Waals surface area contributed by atoms with Gasteiger partial charge in [0.05, 0.1) is 25.4 Å². The smallest absolute Gasteiger partial charge is 0.161 e. The molecule has 0 spiro atoms. The fourth-order valence-corrected chi connectivity index (χ4v) is 2.67. The topological polar surface area (TPSA) is 40.2 Å². The molecule has 0 aromatic heterocycles. The minimum absolute atomic E-state index is 0.0182. The molecule has 15 heavy (non-hydrogen) atoms. The number of fused-ring (bicyclic) bond motifs is 1. The second-order valence-corrected chi connectivity index (χ2v) is 4.70. The van der Waals surface area contributed by atoms with Gasteiger partial charge in [-0.3, -0.25) is 0 Å². The Morgan fingerprint density at radius 1 is 1.20 bits per heavy atom. The van der Waals surface area contributed by atoms with Crippen molar-refractivity contribution in [3.8, 4) is 0 Å². The molecule has 2 aliphatic heterocycles. The van der Waals surface area contributed by atoms with Crippen LogP contribution in [0.5, 0.6) is 0 Å². The highest BCUT2D eigenvalue weighted by Gasteiger charge is 2.47. The highest BCUT2D eigenvalue weighted by molar-refractivity contribution is 4.93. The van der Waals surface area contributed by atoms with E-state index in [4.69, 9.17) is 18.9 Å². The van der Waals surface area contributed by atoms with Crippen molar-refractivity contribution in [2.24, 2.45) is 5.92 Å². The van der Waals surface area contributed by atoms with Gasteiger partial charge in [-0.1, -0.05) is 0 Å². The summed E-state index contributed by atoms with van der Waals surface area (Å²) in [6.45, 7) is 1.30. The van der Waals surface area contributed by atoms with Gasteiger partial charge in [0.2, 0.25) is 0 Å². The van der Waals surface area contributed by atoms with Crippen molar-refractivity contribution >= 4 is 0 Å². The van der Waals surface area contributed by atoms with E-state index in [1.807, 2.05) is 0 Å². The first-order valence-corrected chi connectivity index (χ1v) is 5.78. The molecule has 0 aromatic carbocycles. The van der Waals surface area contributed by atoms with Crippen LogP contribution in [0.4, 0.5) is 0 Å². The van der Waals surface area contributed by atoms with Gasteiger partial charge in [-0.25, -0.2) is 0 Å².